The lowest BCUT2D eigenvalue weighted by Crippen LogP contribution is -2.23. The number of rotatable bonds is 8. The summed E-state index contributed by atoms with van der Waals surface area (Å²) in [6, 6.07) is 3.59. The molecule has 0 unspecified atom stereocenters. The fraction of sp³-hybridized carbons (Fsp3) is 0.462. The third-order valence-electron chi connectivity index (χ3n) is 2.63. The largest absolute Gasteiger partial charge is 0.496 e. The summed E-state index contributed by atoms with van der Waals surface area (Å²) in [7, 11) is 4.72. The molecule has 0 atom stereocenters. The summed E-state index contributed by atoms with van der Waals surface area (Å²) in [5.41, 5.74) is 5.77. The van der Waals surface area contributed by atoms with Crippen molar-refractivity contribution < 1.29 is 23.7 Å². The van der Waals surface area contributed by atoms with Crippen molar-refractivity contribution in [3.8, 4) is 17.2 Å². The highest BCUT2D eigenvalue weighted by Crippen LogP contribution is 2.34. The zero-order valence-electron chi connectivity index (χ0n) is 11.9. The molecular weight excluding hydrogens is 264 g/mol. The van der Waals surface area contributed by atoms with E-state index in [1.54, 1.807) is 27.4 Å². The molecule has 112 valence electrons. The molecule has 0 spiro atoms. The predicted molar refractivity (Wildman–Crippen MR) is 73.3 cm³/mol. The van der Waals surface area contributed by atoms with Crippen LogP contribution in [0.4, 0.5) is 4.79 Å². The molecule has 7 nitrogen and oxygen atoms in total. The van der Waals surface area contributed by atoms with Crippen LogP contribution in [-0.2, 0) is 11.3 Å². The smallest absolute Gasteiger partial charge is 0.404 e. The van der Waals surface area contributed by atoms with Gasteiger partial charge >= 0.3 is 6.09 Å². The van der Waals surface area contributed by atoms with E-state index in [0.717, 1.165) is 5.56 Å². The molecule has 0 aliphatic rings. The highest BCUT2D eigenvalue weighted by Gasteiger charge is 2.11. The maximum atomic E-state index is 10.4. The average Bonchev–Trinajstić information content (AvgIpc) is 2.45. The molecule has 0 saturated carbocycles. The molecule has 1 rings (SSSR count). The third-order valence-corrected chi connectivity index (χ3v) is 2.63. The lowest BCUT2D eigenvalue weighted by Gasteiger charge is -2.14. The zero-order chi connectivity index (χ0) is 15.0. The molecule has 1 aromatic rings. The fourth-order valence-corrected chi connectivity index (χ4v) is 1.68. The van der Waals surface area contributed by atoms with Crippen LogP contribution in [0.15, 0.2) is 12.1 Å². The first-order valence-corrected chi connectivity index (χ1v) is 6.04. The minimum Gasteiger partial charge on any atom is -0.496 e. The van der Waals surface area contributed by atoms with E-state index in [-0.39, 0.29) is 6.61 Å². The Hall–Kier alpha value is -2.15. The van der Waals surface area contributed by atoms with E-state index in [9.17, 15) is 4.79 Å². The van der Waals surface area contributed by atoms with E-state index in [0.29, 0.717) is 30.3 Å². The lowest BCUT2D eigenvalue weighted by molar-refractivity contribution is 0.157. The highest BCUT2D eigenvalue weighted by atomic mass is 16.5. The lowest BCUT2D eigenvalue weighted by atomic mass is 10.1. The van der Waals surface area contributed by atoms with Crippen molar-refractivity contribution in [1.29, 1.82) is 0 Å². The number of carbonyl (C=O) groups excluding carboxylic acids is 1. The summed E-state index contributed by atoms with van der Waals surface area (Å²) in [6.07, 6.45) is -0.782. The number of nitrogens with two attached hydrogens (primary N) is 1. The molecule has 1 aromatic carbocycles. The van der Waals surface area contributed by atoms with Gasteiger partial charge in [0.15, 0.2) is 11.5 Å². The first-order valence-electron chi connectivity index (χ1n) is 6.04. The number of carbonyl (C=O) groups is 1. The van der Waals surface area contributed by atoms with Crippen molar-refractivity contribution >= 4 is 6.09 Å². The summed E-state index contributed by atoms with van der Waals surface area (Å²) in [5, 5.41) is 3.11. The summed E-state index contributed by atoms with van der Waals surface area (Å²) in [4.78, 5) is 10.4. The maximum Gasteiger partial charge on any atom is 0.404 e. The number of ether oxygens (including phenoxy) is 4. The monoisotopic (exact) mass is 284 g/mol. The highest BCUT2D eigenvalue weighted by molar-refractivity contribution is 5.64. The number of benzene rings is 1. The Kier molecular flexibility index (Phi) is 6.45. The summed E-state index contributed by atoms with van der Waals surface area (Å²) >= 11 is 0. The third kappa shape index (κ3) is 4.51. The Morgan fingerprint density at radius 1 is 1.10 bits per heavy atom. The SMILES string of the molecule is COc1cc(OC)c(OC)cc1CNCCOC(N)=O. The van der Waals surface area contributed by atoms with Gasteiger partial charge in [-0.25, -0.2) is 4.79 Å². The minimum absolute atomic E-state index is 0.213. The molecule has 0 fully saturated rings. The van der Waals surface area contributed by atoms with E-state index in [2.05, 4.69) is 10.1 Å². The van der Waals surface area contributed by atoms with Crippen molar-refractivity contribution in [2.24, 2.45) is 5.73 Å². The Labute approximate surface area is 117 Å². The maximum absolute atomic E-state index is 10.4. The number of methoxy groups -OCH3 is 3. The van der Waals surface area contributed by atoms with Crippen LogP contribution in [0.1, 0.15) is 5.56 Å². The fourth-order valence-electron chi connectivity index (χ4n) is 1.68. The van der Waals surface area contributed by atoms with Crippen LogP contribution in [0.25, 0.3) is 0 Å². The predicted octanol–water partition coefficient (Wildman–Crippen LogP) is 0.897. The number of primary amides is 1. The molecule has 3 N–H and O–H groups in total. The molecule has 0 aliphatic heterocycles. The van der Waals surface area contributed by atoms with Crippen LogP contribution in [0.5, 0.6) is 17.2 Å². The van der Waals surface area contributed by atoms with Crippen molar-refractivity contribution in [3.05, 3.63) is 17.7 Å². The Morgan fingerprint density at radius 3 is 2.25 bits per heavy atom. The zero-order valence-corrected chi connectivity index (χ0v) is 11.9. The van der Waals surface area contributed by atoms with E-state index in [4.69, 9.17) is 19.9 Å². The van der Waals surface area contributed by atoms with Crippen molar-refractivity contribution in [2.45, 2.75) is 6.54 Å². The molecule has 0 radical (unpaired) electrons. The van der Waals surface area contributed by atoms with Crippen LogP contribution in [-0.4, -0.2) is 40.6 Å². The second-order valence-corrected chi connectivity index (χ2v) is 3.86. The molecule has 0 bridgehead atoms. The van der Waals surface area contributed by atoms with Gasteiger partial charge in [0.25, 0.3) is 0 Å². The van der Waals surface area contributed by atoms with Gasteiger partial charge in [-0.1, -0.05) is 0 Å². The molecule has 0 heterocycles. The standard InChI is InChI=1S/C13H20N2O5/c1-17-10-7-12(19-3)11(18-2)6-9(10)8-15-4-5-20-13(14)16/h6-7,15H,4-5,8H2,1-3H3,(H2,14,16). The van der Waals surface area contributed by atoms with Gasteiger partial charge in [-0.2, -0.15) is 0 Å². The van der Waals surface area contributed by atoms with Crippen LogP contribution in [0.3, 0.4) is 0 Å². The van der Waals surface area contributed by atoms with Gasteiger partial charge in [-0.05, 0) is 6.07 Å². The first kappa shape index (κ1) is 15.9. The Balaban J connectivity index is 2.66. The van der Waals surface area contributed by atoms with E-state index < -0.39 is 6.09 Å². The van der Waals surface area contributed by atoms with Gasteiger partial charge in [0, 0.05) is 24.7 Å². The average molecular weight is 284 g/mol. The van der Waals surface area contributed by atoms with Crippen molar-refractivity contribution in [1.82, 2.24) is 5.32 Å². The van der Waals surface area contributed by atoms with Crippen LogP contribution >= 0.6 is 0 Å². The first-order chi connectivity index (χ1) is 9.62. The Bertz CT molecular complexity index is 451. The second kappa shape index (κ2) is 8.11. The number of hydrogen-bond acceptors (Lipinski definition) is 6. The van der Waals surface area contributed by atoms with Crippen molar-refractivity contribution in [2.75, 3.05) is 34.5 Å². The van der Waals surface area contributed by atoms with E-state index in [1.165, 1.54) is 0 Å². The van der Waals surface area contributed by atoms with Crippen molar-refractivity contribution in [3.63, 3.8) is 0 Å². The quantitative estimate of drug-likeness (QED) is 0.689. The normalized spacial score (nSPS) is 9.95. The van der Waals surface area contributed by atoms with Crippen LogP contribution in [0.2, 0.25) is 0 Å². The summed E-state index contributed by atoms with van der Waals surface area (Å²) in [6.45, 7) is 1.23. The molecular formula is C13H20N2O5. The van der Waals surface area contributed by atoms with Gasteiger partial charge in [0.2, 0.25) is 0 Å². The van der Waals surface area contributed by atoms with Gasteiger partial charge in [-0.15, -0.1) is 0 Å². The summed E-state index contributed by atoms with van der Waals surface area (Å²) in [5.74, 6) is 1.91. The van der Waals surface area contributed by atoms with E-state index >= 15 is 0 Å². The van der Waals surface area contributed by atoms with Gasteiger partial charge in [0.05, 0.1) is 21.3 Å². The topological polar surface area (TPSA) is 92.0 Å². The van der Waals surface area contributed by atoms with Gasteiger partial charge < -0.3 is 30.0 Å². The Morgan fingerprint density at radius 2 is 1.70 bits per heavy atom. The van der Waals surface area contributed by atoms with E-state index in [1.807, 2.05) is 6.07 Å². The number of nitrogens with one attached hydrogen (secondary N) is 1. The van der Waals surface area contributed by atoms with Crippen LogP contribution in [0, 0.1) is 0 Å². The molecule has 1 amide bonds. The molecule has 0 saturated heterocycles. The molecule has 0 aliphatic carbocycles. The second-order valence-electron chi connectivity index (χ2n) is 3.86. The van der Waals surface area contributed by atoms with Gasteiger partial charge in [-0.3, -0.25) is 0 Å². The molecule has 7 heteroatoms. The van der Waals surface area contributed by atoms with Gasteiger partial charge in [0.1, 0.15) is 12.4 Å². The molecule has 0 aromatic heterocycles. The number of hydrogen-bond donors (Lipinski definition) is 2. The number of amides is 1. The molecule has 20 heavy (non-hydrogen) atoms. The van der Waals surface area contributed by atoms with Crippen LogP contribution < -0.4 is 25.3 Å². The minimum atomic E-state index is -0.782. The summed E-state index contributed by atoms with van der Waals surface area (Å²) < 4.78 is 20.4.